The Morgan fingerprint density at radius 2 is 1.29 bits per heavy atom. The maximum Gasteiger partial charge on any atom is 0.407 e. The topological polar surface area (TPSA) is 185 Å². The van der Waals surface area contributed by atoms with E-state index in [1.807, 2.05) is 48.5 Å². The fourth-order valence-corrected chi connectivity index (χ4v) is 5.51. The van der Waals surface area contributed by atoms with E-state index < -0.39 is 39.5 Å². The van der Waals surface area contributed by atoms with Crippen LogP contribution in [0.4, 0.5) is 4.79 Å². The molecule has 0 unspecified atom stereocenters. The van der Waals surface area contributed by atoms with E-state index in [4.69, 9.17) is 28.4 Å². The van der Waals surface area contributed by atoms with Gasteiger partial charge in [0.1, 0.15) is 24.0 Å². The van der Waals surface area contributed by atoms with Crippen LogP contribution >= 0.6 is 0 Å². The molecule has 0 saturated heterocycles. The molecule has 0 saturated carbocycles. The lowest BCUT2D eigenvalue weighted by atomic mass is 9.98. The molecule has 1 aliphatic carbocycles. The summed E-state index contributed by atoms with van der Waals surface area (Å²) in [7, 11) is -4.60. The molecule has 15 heteroatoms. The number of carbonyl (C=O) groups excluding carboxylic acids is 3. The summed E-state index contributed by atoms with van der Waals surface area (Å²) in [6.45, 7) is 7.62. The fraction of sp³-hybridized carbons (Fsp3) is 0.545. The second kappa shape index (κ2) is 19.4. The SMILES string of the molecule is CC(C)(C)OC(=O)CCOCCOCCOCCOCCNC(=O)[C@H](CS(=O)(=O)O)NC(=O)OCC1c2ccccc2-c2ccccc21. The highest BCUT2D eigenvalue weighted by Crippen LogP contribution is 2.44. The van der Waals surface area contributed by atoms with Crippen molar-refractivity contribution in [3.63, 3.8) is 0 Å². The molecule has 0 bridgehead atoms. The predicted octanol–water partition coefficient (Wildman–Crippen LogP) is 2.70. The number of esters is 1. The predicted molar refractivity (Wildman–Crippen MR) is 175 cm³/mol. The maximum absolute atomic E-state index is 12.7. The monoisotopic (exact) mass is 694 g/mol. The van der Waals surface area contributed by atoms with Gasteiger partial charge in [0.25, 0.3) is 10.1 Å². The smallest absolute Gasteiger partial charge is 0.407 e. The van der Waals surface area contributed by atoms with Crippen LogP contribution in [0.5, 0.6) is 0 Å². The molecule has 0 spiro atoms. The molecule has 0 fully saturated rings. The van der Waals surface area contributed by atoms with E-state index in [0.717, 1.165) is 22.3 Å². The van der Waals surface area contributed by atoms with Crippen molar-refractivity contribution in [1.82, 2.24) is 10.6 Å². The van der Waals surface area contributed by atoms with Crippen LogP contribution in [-0.2, 0) is 48.1 Å². The Morgan fingerprint density at radius 3 is 1.81 bits per heavy atom. The number of amides is 2. The van der Waals surface area contributed by atoms with Crippen molar-refractivity contribution in [2.45, 2.75) is 44.8 Å². The van der Waals surface area contributed by atoms with Crippen LogP contribution in [0.1, 0.15) is 44.2 Å². The standard InChI is InChI=1S/C33H46N2O12S/c1-33(2,3)47-30(36)12-14-42-16-18-44-20-21-45-19-17-43-15-13-34-31(37)29(23-48(39,40)41)35-32(38)46-22-28-26-10-6-4-8-24(26)25-9-5-7-11-27(25)28/h4-11,28-29H,12-23H2,1-3H3,(H,34,37)(H,35,38)(H,39,40,41)/t29-/m0/s1. The van der Waals surface area contributed by atoms with E-state index in [1.54, 1.807) is 20.8 Å². The number of ether oxygens (including phenoxy) is 6. The molecular formula is C33H46N2O12S. The van der Waals surface area contributed by atoms with Crippen LogP contribution in [-0.4, -0.2) is 114 Å². The van der Waals surface area contributed by atoms with Crippen molar-refractivity contribution in [2.24, 2.45) is 0 Å². The van der Waals surface area contributed by atoms with Gasteiger partial charge in [0, 0.05) is 12.5 Å². The molecule has 1 atom stereocenters. The molecule has 3 N–H and O–H groups in total. The fourth-order valence-electron chi connectivity index (χ4n) is 4.86. The minimum Gasteiger partial charge on any atom is -0.460 e. The van der Waals surface area contributed by atoms with E-state index in [-0.39, 0.29) is 57.9 Å². The number of fused-ring (bicyclic) bond motifs is 3. The first kappa shape index (κ1) is 38.8. The Bertz CT molecular complexity index is 1400. The van der Waals surface area contributed by atoms with E-state index in [9.17, 15) is 27.4 Å². The van der Waals surface area contributed by atoms with E-state index >= 15 is 0 Å². The first-order valence-corrected chi connectivity index (χ1v) is 17.3. The van der Waals surface area contributed by atoms with Crippen LogP contribution in [0.2, 0.25) is 0 Å². The van der Waals surface area contributed by atoms with Crippen LogP contribution in [0.15, 0.2) is 48.5 Å². The number of benzene rings is 2. The molecule has 0 aliphatic heterocycles. The number of nitrogens with one attached hydrogen (secondary N) is 2. The average Bonchev–Trinajstić information content (AvgIpc) is 3.33. The lowest BCUT2D eigenvalue weighted by Gasteiger charge is -2.19. The van der Waals surface area contributed by atoms with Gasteiger partial charge in [0.2, 0.25) is 5.91 Å². The van der Waals surface area contributed by atoms with Crippen molar-refractivity contribution in [2.75, 3.05) is 71.8 Å². The third kappa shape index (κ3) is 14.3. The lowest BCUT2D eigenvalue weighted by molar-refractivity contribution is -0.156. The summed E-state index contributed by atoms with van der Waals surface area (Å²) in [6, 6.07) is 14.0. The summed E-state index contributed by atoms with van der Waals surface area (Å²) >= 11 is 0. The zero-order valence-electron chi connectivity index (χ0n) is 27.6. The summed E-state index contributed by atoms with van der Waals surface area (Å²) in [5, 5.41) is 4.73. The summed E-state index contributed by atoms with van der Waals surface area (Å²) < 4.78 is 64.6. The van der Waals surface area contributed by atoms with Gasteiger partial charge in [-0.05, 0) is 43.0 Å². The summed E-state index contributed by atoms with van der Waals surface area (Å²) in [5.41, 5.74) is 3.55. The highest BCUT2D eigenvalue weighted by Gasteiger charge is 2.31. The van der Waals surface area contributed by atoms with Gasteiger partial charge in [-0.3, -0.25) is 14.1 Å². The van der Waals surface area contributed by atoms with Crippen LogP contribution in [0.3, 0.4) is 0 Å². The third-order valence-corrected chi connectivity index (χ3v) is 7.62. The summed E-state index contributed by atoms with van der Waals surface area (Å²) in [6.07, 6.45) is -0.823. The Morgan fingerprint density at radius 1 is 0.792 bits per heavy atom. The van der Waals surface area contributed by atoms with Crippen LogP contribution in [0.25, 0.3) is 11.1 Å². The highest BCUT2D eigenvalue weighted by molar-refractivity contribution is 7.85. The molecule has 2 aromatic rings. The molecule has 0 heterocycles. The molecule has 0 radical (unpaired) electrons. The van der Waals surface area contributed by atoms with Crippen molar-refractivity contribution >= 4 is 28.1 Å². The molecule has 2 aromatic carbocycles. The highest BCUT2D eigenvalue weighted by atomic mass is 32.2. The van der Waals surface area contributed by atoms with E-state index in [1.165, 1.54) is 0 Å². The minimum atomic E-state index is -4.60. The van der Waals surface area contributed by atoms with Crippen molar-refractivity contribution < 1.29 is 55.8 Å². The first-order valence-electron chi connectivity index (χ1n) is 15.7. The van der Waals surface area contributed by atoms with Gasteiger partial charge < -0.3 is 39.1 Å². The largest absolute Gasteiger partial charge is 0.460 e. The van der Waals surface area contributed by atoms with Gasteiger partial charge in [-0.1, -0.05) is 48.5 Å². The Labute approximate surface area is 281 Å². The normalized spacial score (nSPS) is 13.3. The van der Waals surface area contributed by atoms with Crippen molar-refractivity contribution in [1.29, 1.82) is 0 Å². The van der Waals surface area contributed by atoms with E-state index in [0.29, 0.717) is 26.4 Å². The molecular weight excluding hydrogens is 648 g/mol. The van der Waals surface area contributed by atoms with Gasteiger partial charge in [-0.25, -0.2) is 4.79 Å². The van der Waals surface area contributed by atoms with Crippen molar-refractivity contribution in [3.8, 4) is 11.1 Å². The van der Waals surface area contributed by atoms with Gasteiger partial charge in [0.05, 0.1) is 59.3 Å². The zero-order valence-corrected chi connectivity index (χ0v) is 28.4. The van der Waals surface area contributed by atoms with Crippen LogP contribution in [0, 0.1) is 0 Å². The number of rotatable bonds is 21. The third-order valence-electron chi connectivity index (χ3n) is 6.86. The quantitative estimate of drug-likeness (QED) is 0.0988. The Hall–Kier alpha value is -3.60. The van der Waals surface area contributed by atoms with Gasteiger partial charge in [-0.15, -0.1) is 0 Å². The van der Waals surface area contributed by atoms with E-state index in [2.05, 4.69) is 10.6 Å². The molecule has 1 aliphatic rings. The Balaban J connectivity index is 1.26. The van der Waals surface area contributed by atoms with Gasteiger partial charge >= 0.3 is 12.1 Å². The van der Waals surface area contributed by atoms with Gasteiger partial charge in [0.15, 0.2) is 0 Å². The average molecular weight is 695 g/mol. The second-order valence-electron chi connectivity index (χ2n) is 11.8. The molecule has 3 rings (SSSR count). The molecule has 0 aromatic heterocycles. The number of hydrogen-bond acceptors (Lipinski definition) is 11. The minimum absolute atomic E-state index is 0.0181. The molecule has 2 amide bonds. The maximum atomic E-state index is 12.7. The van der Waals surface area contributed by atoms with Gasteiger partial charge in [-0.2, -0.15) is 8.42 Å². The van der Waals surface area contributed by atoms with Crippen LogP contribution < -0.4 is 10.6 Å². The number of hydrogen-bond donors (Lipinski definition) is 3. The number of alkyl carbamates (subject to hydrolysis) is 1. The molecule has 14 nitrogen and oxygen atoms in total. The van der Waals surface area contributed by atoms with Crippen molar-refractivity contribution in [3.05, 3.63) is 59.7 Å². The summed E-state index contributed by atoms with van der Waals surface area (Å²) in [5.74, 6) is -2.40. The number of carbonyl (C=O) groups is 3. The zero-order chi connectivity index (χ0) is 35.0. The first-order chi connectivity index (χ1) is 22.8. The second-order valence-corrected chi connectivity index (χ2v) is 13.3. The molecule has 266 valence electrons. The molecule has 48 heavy (non-hydrogen) atoms. The summed E-state index contributed by atoms with van der Waals surface area (Å²) in [4.78, 5) is 36.9. The lowest BCUT2D eigenvalue weighted by Crippen LogP contribution is -2.51. The Kier molecular flexibility index (Phi) is 15.7.